The van der Waals surface area contributed by atoms with Crippen LogP contribution < -0.4 is 5.73 Å². The summed E-state index contributed by atoms with van der Waals surface area (Å²) in [5.74, 6) is -0.190. The summed E-state index contributed by atoms with van der Waals surface area (Å²) in [4.78, 5) is 7.44. The molecule has 2 N–H and O–H groups in total. The van der Waals surface area contributed by atoms with Crippen molar-refractivity contribution in [2.24, 2.45) is 0 Å². The molecule has 0 bridgehead atoms. The van der Waals surface area contributed by atoms with Gasteiger partial charge in [-0.25, -0.2) is 14.4 Å². The first-order chi connectivity index (χ1) is 8.63. The van der Waals surface area contributed by atoms with Gasteiger partial charge in [0.25, 0.3) is 0 Å². The van der Waals surface area contributed by atoms with Gasteiger partial charge in [0.15, 0.2) is 11.6 Å². The summed E-state index contributed by atoms with van der Waals surface area (Å²) >= 11 is 0. The minimum atomic E-state index is -0.556. The topological polar surface area (TPSA) is 64.9 Å². The van der Waals surface area contributed by atoms with E-state index in [0.717, 1.165) is 17.1 Å². The lowest BCUT2D eigenvalue weighted by molar-refractivity contribution is 0.590. The monoisotopic (exact) mass is 243 g/mol. The zero-order valence-corrected chi connectivity index (χ0v) is 9.64. The number of nitrogens with two attached hydrogens (primary N) is 1. The zero-order valence-electron chi connectivity index (χ0n) is 9.64. The fourth-order valence-electron chi connectivity index (χ4n) is 1.83. The molecule has 4 nitrogen and oxygen atoms in total. The van der Waals surface area contributed by atoms with Crippen LogP contribution in [0.2, 0.25) is 0 Å². The number of benzene rings is 1. The number of fused-ring (bicyclic) bond motifs is 1. The largest absolute Gasteiger partial charge is 0.454 e. The molecule has 0 spiro atoms. The first-order valence-electron chi connectivity index (χ1n) is 5.42. The zero-order chi connectivity index (χ0) is 12.7. The van der Waals surface area contributed by atoms with Gasteiger partial charge in [-0.2, -0.15) is 0 Å². The highest BCUT2D eigenvalue weighted by molar-refractivity contribution is 5.82. The number of halogens is 1. The molecule has 3 rings (SSSR count). The van der Waals surface area contributed by atoms with E-state index < -0.39 is 5.82 Å². The maximum atomic E-state index is 13.6. The number of rotatable bonds is 1. The molecule has 0 aliphatic rings. The number of nitrogens with zero attached hydrogens (tertiary/aromatic N) is 2. The van der Waals surface area contributed by atoms with Crippen molar-refractivity contribution in [2.45, 2.75) is 6.92 Å². The van der Waals surface area contributed by atoms with Gasteiger partial charge in [0.05, 0.1) is 6.20 Å². The fraction of sp³-hybridized carbons (Fsp3) is 0.0769. The van der Waals surface area contributed by atoms with Crippen LogP contribution in [0.1, 0.15) is 5.56 Å². The van der Waals surface area contributed by atoms with Crippen molar-refractivity contribution in [1.29, 1.82) is 0 Å². The standard InChI is InChI=1S/C13H10FN3O/c1-7-2-3-10-8(4-7)5-11(18-10)12-9(14)6-16-13(15)17-12/h2-6H,1H3,(H2,15,16,17). The molecule has 3 aromatic rings. The molecule has 5 heteroatoms. The van der Waals surface area contributed by atoms with Crippen LogP contribution in [0.25, 0.3) is 22.4 Å². The third-order valence-corrected chi connectivity index (χ3v) is 2.67. The number of aromatic nitrogens is 2. The lowest BCUT2D eigenvalue weighted by Gasteiger charge is -1.98. The first kappa shape index (κ1) is 10.7. The summed E-state index contributed by atoms with van der Waals surface area (Å²) in [6, 6.07) is 7.48. The Morgan fingerprint density at radius 1 is 1.28 bits per heavy atom. The van der Waals surface area contributed by atoms with E-state index in [1.807, 2.05) is 25.1 Å². The number of aryl methyl sites for hydroxylation is 1. The molecule has 0 aliphatic carbocycles. The Kier molecular flexibility index (Phi) is 2.26. The molecule has 90 valence electrons. The summed E-state index contributed by atoms with van der Waals surface area (Å²) in [7, 11) is 0. The third kappa shape index (κ3) is 1.69. The van der Waals surface area contributed by atoms with Gasteiger partial charge in [0.2, 0.25) is 5.95 Å². The van der Waals surface area contributed by atoms with Gasteiger partial charge in [-0.1, -0.05) is 11.6 Å². The normalized spacial score (nSPS) is 11.0. The van der Waals surface area contributed by atoms with E-state index >= 15 is 0 Å². The quantitative estimate of drug-likeness (QED) is 0.713. The molecule has 0 fully saturated rings. The van der Waals surface area contributed by atoms with Crippen LogP contribution in [0.4, 0.5) is 10.3 Å². The SMILES string of the molecule is Cc1ccc2oc(-c3nc(N)ncc3F)cc2c1. The summed E-state index contributed by atoms with van der Waals surface area (Å²) in [5, 5.41) is 0.904. The number of furan rings is 1. The molecule has 0 saturated heterocycles. The molecule has 1 aromatic carbocycles. The minimum Gasteiger partial charge on any atom is -0.454 e. The molecule has 0 unspecified atom stereocenters. The second-order valence-corrected chi connectivity index (χ2v) is 4.08. The summed E-state index contributed by atoms with van der Waals surface area (Å²) in [6.45, 7) is 1.98. The first-order valence-corrected chi connectivity index (χ1v) is 5.42. The van der Waals surface area contributed by atoms with E-state index in [1.54, 1.807) is 6.07 Å². The van der Waals surface area contributed by atoms with E-state index in [1.165, 1.54) is 0 Å². The van der Waals surface area contributed by atoms with Crippen LogP contribution in [0.5, 0.6) is 0 Å². The van der Waals surface area contributed by atoms with Gasteiger partial charge >= 0.3 is 0 Å². The smallest absolute Gasteiger partial charge is 0.220 e. The van der Waals surface area contributed by atoms with Crippen molar-refractivity contribution in [2.75, 3.05) is 5.73 Å². The average molecular weight is 243 g/mol. The van der Waals surface area contributed by atoms with Crippen LogP contribution in [-0.2, 0) is 0 Å². The highest BCUT2D eigenvalue weighted by atomic mass is 19.1. The van der Waals surface area contributed by atoms with Crippen molar-refractivity contribution in [3.8, 4) is 11.5 Å². The fourth-order valence-corrected chi connectivity index (χ4v) is 1.83. The number of hydrogen-bond donors (Lipinski definition) is 1. The Bertz CT molecular complexity index is 736. The molecule has 0 atom stereocenters. The summed E-state index contributed by atoms with van der Waals surface area (Å²) < 4.78 is 19.2. The van der Waals surface area contributed by atoms with Crippen LogP contribution in [0, 0.1) is 12.7 Å². The van der Waals surface area contributed by atoms with E-state index in [2.05, 4.69) is 9.97 Å². The molecule has 0 saturated carbocycles. The number of hydrogen-bond acceptors (Lipinski definition) is 4. The van der Waals surface area contributed by atoms with Crippen molar-refractivity contribution in [1.82, 2.24) is 9.97 Å². The van der Waals surface area contributed by atoms with E-state index in [0.29, 0.717) is 11.3 Å². The molecule has 0 radical (unpaired) electrons. The Balaban J connectivity index is 2.22. The maximum absolute atomic E-state index is 13.6. The molecular formula is C13H10FN3O. The van der Waals surface area contributed by atoms with Crippen molar-refractivity contribution >= 4 is 16.9 Å². The van der Waals surface area contributed by atoms with E-state index in [4.69, 9.17) is 10.2 Å². The van der Waals surface area contributed by atoms with Crippen LogP contribution in [-0.4, -0.2) is 9.97 Å². The van der Waals surface area contributed by atoms with Crippen LogP contribution in [0.15, 0.2) is 34.9 Å². The van der Waals surface area contributed by atoms with Crippen molar-refractivity contribution < 1.29 is 8.81 Å². The second kappa shape index (κ2) is 3.80. The Morgan fingerprint density at radius 2 is 2.11 bits per heavy atom. The summed E-state index contributed by atoms with van der Waals surface area (Å²) in [6.07, 6.45) is 1.04. The molecular weight excluding hydrogens is 233 g/mol. The van der Waals surface area contributed by atoms with Gasteiger partial charge in [-0.05, 0) is 25.1 Å². The number of nitrogen functional groups attached to an aromatic ring is 1. The molecule has 2 heterocycles. The predicted octanol–water partition coefficient (Wildman–Crippen LogP) is 2.92. The highest BCUT2D eigenvalue weighted by Gasteiger charge is 2.13. The lowest BCUT2D eigenvalue weighted by Crippen LogP contribution is -1.98. The van der Waals surface area contributed by atoms with Gasteiger partial charge in [-0.3, -0.25) is 0 Å². The third-order valence-electron chi connectivity index (χ3n) is 2.67. The maximum Gasteiger partial charge on any atom is 0.220 e. The number of anilines is 1. The van der Waals surface area contributed by atoms with Gasteiger partial charge in [-0.15, -0.1) is 0 Å². The van der Waals surface area contributed by atoms with E-state index in [-0.39, 0.29) is 11.6 Å². The van der Waals surface area contributed by atoms with Crippen LogP contribution >= 0.6 is 0 Å². The average Bonchev–Trinajstić information content (AvgIpc) is 2.74. The molecule has 2 aromatic heterocycles. The lowest BCUT2D eigenvalue weighted by atomic mass is 10.2. The van der Waals surface area contributed by atoms with Gasteiger partial charge < -0.3 is 10.2 Å². The van der Waals surface area contributed by atoms with Gasteiger partial charge in [0.1, 0.15) is 11.3 Å². The Morgan fingerprint density at radius 3 is 2.94 bits per heavy atom. The Hall–Kier alpha value is -2.43. The Labute approximate surface area is 102 Å². The molecule has 18 heavy (non-hydrogen) atoms. The van der Waals surface area contributed by atoms with E-state index in [9.17, 15) is 4.39 Å². The minimum absolute atomic E-state index is 0.0167. The predicted molar refractivity (Wildman–Crippen MR) is 66.3 cm³/mol. The molecule has 0 aliphatic heterocycles. The summed E-state index contributed by atoms with van der Waals surface area (Å²) in [5.41, 5.74) is 7.33. The van der Waals surface area contributed by atoms with Crippen molar-refractivity contribution in [3.05, 3.63) is 41.8 Å². The highest BCUT2D eigenvalue weighted by Crippen LogP contribution is 2.28. The van der Waals surface area contributed by atoms with Crippen molar-refractivity contribution in [3.63, 3.8) is 0 Å². The van der Waals surface area contributed by atoms with Crippen LogP contribution in [0.3, 0.4) is 0 Å². The van der Waals surface area contributed by atoms with Gasteiger partial charge in [0, 0.05) is 5.39 Å². The second-order valence-electron chi connectivity index (χ2n) is 4.08. The molecule has 0 amide bonds.